The molecule has 0 aliphatic carbocycles. The molecule has 0 rings (SSSR count). The number of rotatable bonds is 1. The van der Waals surface area contributed by atoms with E-state index < -0.39 is 6.16 Å². The van der Waals surface area contributed by atoms with Gasteiger partial charge in [0.25, 0.3) is 0 Å². The van der Waals surface area contributed by atoms with Crippen molar-refractivity contribution >= 4 is 6.16 Å². The Labute approximate surface area is 52.9 Å². The number of aliphatic hydroxyl groups excluding tert-OH is 1. The Kier molecular flexibility index (Phi) is 8.83. The Hall–Kier alpha value is -0.810. The van der Waals surface area contributed by atoms with Gasteiger partial charge in [-0.15, -0.1) is 0 Å². The molecule has 0 bridgehead atoms. The molecule has 1 unspecified atom stereocenters. The molecule has 0 fully saturated rings. The molecule has 5 heteroatoms. The number of aliphatic hydroxyl groups is 1. The molecule has 0 spiro atoms. The highest BCUT2D eigenvalue weighted by molar-refractivity contribution is 5.53. The third-order valence-corrected chi connectivity index (χ3v) is 0.418. The van der Waals surface area contributed by atoms with E-state index >= 15 is 0 Å². The molecule has 0 aliphatic rings. The number of carbonyl (C=O) groups is 1. The Morgan fingerprint density at radius 3 is 1.67 bits per heavy atom. The topological polar surface area (TPSA) is 89.8 Å². The average molecular weight is 137 g/mol. The van der Waals surface area contributed by atoms with Crippen molar-refractivity contribution < 1.29 is 20.1 Å². The van der Waals surface area contributed by atoms with Crippen LogP contribution in [0.2, 0.25) is 0 Å². The summed E-state index contributed by atoms with van der Waals surface area (Å²) in [4.78, 5) is 8.56. The lowest BCUT2D eigenvalue weighted by atomic mass is 10.7. The van der Waals surface area contributed by atoms with Gasteiger partial charge in [-0.3, -0.25) is 5.32 Å². The molecule has 0 aromatic rings. The van der Waals surface area contributed by atoms with E-state index in [0.29, 0.717) is 0 Å². The smallest absolute Gasteiger partial charge is 0.450 e. The summed E-state index contributed by atoms with van der Waals surface area (Å²) in [7, 11) is 1.70. The van der Waals surface area contributed by atoms with Gasteiger partial charge in [0, 0.05) is 0 Å². The first kappa shape index (κ1) is 11.0. The van der Waals surface area contributed by atoms with Gasteiger partial charge >= 0.3 is 6.16 Å². The molecule has 5 nitrogen and oxygen atoms in total. The molecule has 0 aromatic heterocycles. The third-order valence-electron chi connectivity index (χ3n) is 0.418. The summed E-state index contributed by atoms with van der Waals surface area (Å²) in [5.41, 5.74) is 0. The first-order valence-corrected chi connectivity index (χ1v) is 2.28. The van der Waals surface area contributed by atoms with Gasteiger partial charge in [-0.1, -0.05) is 0 Å². The highest BCUT2D eigenvalue weighted by Crippen LogP contribution is 1.59. The quantitative estimate of drug-likeness (QED) is 0.375. The molecule has 9 heavy (non-hydrogen) atoms. The summed E-state index contributed by atoms with van der Waals surface area (Å²) in [6.45, 7) is 1.67. The molecule has 56 valence electrons. The van der Waals surface area contributed by atoms with E-state index in [2.05, 4.69) is 5.32 Å². The molecule has 0 aliphatic heterocycles. The van der Waals surface area contributed by atoms with Crippen LogP contribution in [-0.2, 0) is 0 Å². The van der Waals surface area contributed by atoms with Crippen LogP contribution in [0.4, 0.5) is 4.79 Å². The second kappa shape index (κ2) is 7.19. The normalized spacial score (nSPS) is 11.0. The molecular weight excluding hydrogens is 126 g/mol. The molecular formula is C4H11NO4. The summed E-state index contributed by atoms with van der Waals surface area (Å²) >= 11 is 0. The van der Waals surface area contributed by atoms with Crippen molar-refractivity contribution in [2.75, 3.05) is 7.05 Å². The van der Waals surface area contributed by atoms with E-state index in [1.165, 1.54) is 0 Å². The second-order valence-electron chi connectivity index (χ2n) is 1.25. The lowest BCUT2D eigenvalue weighted by molar-refractivity contribution is 0.137. The lowest BCUT2D eigenvalue weighted by Gasteiger charge is -1.94. The molecule has 0 amide bonds. The average Bonchev–Trinajstić information content (AvgIpc) is 1.65. The van der Waals surface area contributed by atoms with Crippen LogP contribution in [0, 0.1) is 0 Å². The zero-order valence-corrected chi connectivity index (χ0v) is 5.33. The number of hydrogen-bond donors (Lipinski definition) is 4. The monoisotopic (exact) mass is 137 g/mol. The first-order valence-electron chi connectivity index (χ1n) is 2.28. The molecule has 0 radical (unpaired) electrons. The predicted molar refractivity (Wildman–Crippen MR) is 31.4 cm³/mol. The minimum absolute atomic E-state index is 0.366. The maximum atomic E-state index is 8.56. The highest BCUT2D eigenvalue weighted by atomic mass is 16.6. The molecule has 1 atom stereocenters. The largest absolute Gasteiger partial charge is 0.503 e. The highest BCUT2D eigenvalue weighted by Gasteiger charge is 1.78. The van der Waals surface area contributed by atoms with Crippen molar-refractivity contribution in [3.63, 3.8) is 0 Å². The lowest BCUT2D eigenvalue weighted by Crippen LogP contribution is -2.19. The van der Waals surface area contributed by atoms with Gasteiger partial charge in [0.2, 0.25) is 0 Å². The van der Waals surface area contributed by atoms with Crippen LogP contribution in [0.1, 0.15) is 6.92 Å². The SMILES string of the molecule is CNC(C)O.O=C(O)O. The van der Waals surface area contributed by atoms with E-state index in [4.69, 9.17) is 20.1 Å². The van der Waals surface area contributed by atoms with Crippen LogP contribution in [-0.4, -0.2) is 34.8 Å². The van der Waals surface area contributed by atoms with Gasteiger partial charge in [-0.25, -0.2) is 4.79 Å². The molecule has 0 saturated carbocycles. The molecule has 0 aromatic carbocycles. The Bertz CT molecular complexity index is 69.0. The minimum Gasteiger partial charge on any atom is -0.450 e. The second-order valence-corrected chi connectivity index (χ2v) is 1.25. The van der Waals surface area contributed by atoms with Gasteiger partial charge < -0.3 is 15.3 Å². The molecule has 0 saturated heterocycles. The van der Waals surface area contributed by atoms with Gasteiger partial charge in [-0.2, -0.15) is 0 Å². The van der Waals surface area contributed by atoms with Crippen LogP contribution in [0.5, 0.6) is 0 Å². The van der Waals surface area contributed by atoms with Crippen molar-refractivity contribution in [3.05, 3.63) is 0 Å². The Balaban J connectivity index is 0. The summed E-state index contributed by atoms with van der Waals surface area (Å²) in [5, 5.41) is 24.8. The van der Waals surface area contributed by atoms with Crippen LogP contribution in [0.3, 0.4) is 0 Å². The van der Waals surface area contributed by atoms with Crippen LogP contribution in [0.15, 0.2) is 0 Å². The zero-order chi connectivity index (χ0) is 7.86. The van der Waals surface area contributed by atoms with Gasteiger partial charge in [0.1, 0.15) is 6.23 Å². The van der Waals surface area contributed by atoms with E-state index in [-0.39, 0.29) is 6.23 Å². The number of carboxylic acid groups (broad SMARTS) is 2. The van der Waals surface area contributed by atoms with Crippen molar-refractivity contribution in [1.29, 1.82) is 0 Å². The summed E-state index contributed by atoms with van der Waals surface area (Å²) in [5.74, 6) is 0. The number of nitrogens with one attached hydrogen (secondary N) is 1. The van der Waals surface area contributed by atoms with Crippen molar-refractivity contribution in [2.45, 2.75) is 13.2 Å². The zero-order valence-electron chi connectivity index (χ0n) is 5.33. The molecule has 4 N–H and O–H groups in total. The van der Waals surface area contributed by atoms with Crippen molar-refractivity contribution in [3.8, 4) is 0 Å². The Morgan fingerprint density at radius 2 is 1.67 bits per heavy atom. The predicted octanol–water partition coefficient (Wildman–Crippen LogP) is -0.234. The Morgan fingerprint density at radius 1 is 1.56 bits per heavy atom. The number of hydrogen-bond acceptors (Lipinski definition) is 3. The maximum Gasteiger partial charge on any atom is 0.503 e. The van der Waals surface area contributed by atoms with Crippen molar-refractivity contribution in [1.82, 2.24) is 5.32 Å². The van der Waals surface area contributed by atoms with Crippen LogP contribution in [0.25, 0.3) is 0 Å². The molecule has 0 heterocycles. The third kappa shape index (κ3) is 137. The fourth-order valence-corrected chi connectivity index (χ4v) is 0. The minimum atomic E-state index is -1.83. The standard InChI is InChI=1S/C3H9NO.CH2O3/c1-3(5)4-2;2-1(3)4/h3-5H,1-2H3;(H2,2,3,4). The first-order chi connectivity index (χ1) is 4.00. The van der Waals surface area contributed by atoms with E-state index in [9.17, 15) is 0 Å². The summed E-state index contributed by atoms with van der Waals surface area (Å²) in [6.07, 6.45) is -2.20. The van der Waals surface area contributed by atoms with E-state index in [1.807, 2.05) is 0 Å². The maximum absolute atomic E-state index is 8.56. The summed E-state index contributed by atoms with van der Waals surface area (Å²) < 4.78 is 0. The fraction of sp³-hybridized carbons (Fsp3) is 0.750. The van der Waals surface area contributed by atoms with E-state index in [1.54, 1.807) is 14.0 Å². The van der Waals surface area contributed by atoms with Gasteiger partial charge in [0.15, 0.2) is 0 Å². The summed E-state index contributed by atoms with van der Waals surface area (Å²) in [6, 6.07) is 0. The fourth-order valence-electron chi connectivity index (χ4n) is 0. The van der Waals surface area contributed by atoms with Gasteiger partial charge in [0.05, 0.1) is 0 Å². The van der Waals surface area contributed by atoms with E-state index in [0.717, 1.165) is 0 Å². The van der Waals surface area contributed by atoms with Crippen molar-refractivity contribution in [2.24, 2.45) is 0 Å². The van der Waals surface area contributed by atoms with Gasteiger partial charge in [-0.05, 0) is 14.0 Å². The van der Waals surface area contributed by atoms with Crippen LogP contribution < -0.4 is 5.32 Å². The van der Waals surface area contributed by atoms with Crippen LogP contribution >= 0.6 is 0 Å².